The Morgan fingerprint density at radius 2 is 2.00 bits per heavy atom. The fourth-order valence-electron chi connectivity index (χ4n) is 3.19. The molecule has 1 aromatic heterocycles. The molecular formula is C23H20N4O5. The zero-order valence-electron chi connectivity index (χ0n) is 17.5. The van der Waals surface area contributed by atoms with Gasteiger partial charge < -0.3 is 9.84 Å². The Hall–Kier alpha value is -4.45. The summed E-state index contributed by atoms with van der Waals surface area (Å²) in [5.74, 6) is -0.0481. The zero-order chi connectivity index (χ0) is 23.3. The number of aromatic hydroxyl groups is 1. The molecule has 0 saturated heterocycles. The van der Waals surface area contributed by atoms with E-state index in [1.165, 1.54) is 25.3 Å². The van der Waals surface area contributed by atoms with Gasteiger partial charge in [-0.1, -0.05) is 30.3 Å². The number of ether oxygens (including phenoxy) is 1. The molecule has 1 N–H and O–H groups in total. The van der Waals surface area contributed by atoms with Crippen molar-refractivity contribution in [2.75, 3.05) is 6.61 Å². The summed E-state index contributed by atoms with van der Waals surface area (Å²) in [5, 5.41) is 31.8. The summed E-state index contributed by atoms with van der Waals surface area (Å²) < 4.78 is 6.38. The first-order valence-corrected chi connectivity index (χ1v) is 9.73. The van der Waals surface area contributed by atoms with Gasteiger partial charge in [-0.15, -0.1) is 0 Å². The molecule has 0 aliphatic carbocycles. The van der Waals surface area contributed by atoms with Gasteiger partial charge in [-0.05, 0) is 37.1 Å². The number of hydrogen-bond donors (Lipinski definition) is 1. The standard InChI is InChI=1S/C23H20N4O5/c1-3-32-17-9-10-20(21(11-17)27(30)31)25-13-19-15(2)18(12-24)22(28)26(23(19)29)14-16-7-5-4-6-8-16/h4-11,13,29H,3,14H2,1-2H3. The van der Waals surface area contributed by atoms with Crippen LogP contribution in [0.3, 0.4) is 0 Å². The summed E-state index contributed by atoms with van der Waals surface area (Å²) in [6.45, 7) is 3.68. The lowest BCUT2D eigenvalue weighted by atomic mass is 10.1. The molecule has 0 saturated carbocycles. The second-order valence-corrected chi connectivity index (χ2v) is 6.82. The molecule has 0 fully saturated rings. The summed E-state index contributed by atoms with van der Waals surface area (Å²) in [5.41, 5.74) is 0.107. The molecule has 1 heterocycles. The fourth-order valence-corrected chi connectivity index (χ4v) is 3.19. The lowest BCUT2D eigenvalue weighted by Gasteiger charge is -2.14. The van der Waals surface area contributed by atoms with Crippen molar-refractivity contribution in [1.29, 1.82) is 5.26 Å². The van der Waals surface area contributed by atoms with Gasteiger partial charge in [0, 0.05) is 6.21 Å². The Labute approximate surface area is 183 Å². The van der Waals surface area contributed by atoms with Gasteiger partial charge in [-0.3, -0.25) is 19.5 Å². The molecule has 2 aromatic carbocycles. The number of nitro benzene ring substituents is 1. The second kappa shape index (κ2) is 9.57. The zero-order valence-corrected chi connectivity index (χ0v) is 17.5. The molecule has 162 valence electrons. The number of nitrogens with zero attached hydrogens (tertiary/aromatic N) is 4. The van der Waals surface area contributed by atoms with Gasteiger partial charge in [0.15, 0.2) is 0 Å². The van der Waals surface area contributed by atoms with E-state index in [0.717, 1.165) is 10.1 Å². The summed E-state index contributed by atoms with van der Waals surface area (Å²) in [7, 11) is 0. The highest BCUT2D eigenvalue weighted by Crippen LogP contribution is 2.32. The molecule has 0 spiro atoms. The van der Waals surface area contributed by atoms with Gasteiger partial charge in [0.05, 0.1) is 29.7 Å². The average molecular weight is 432 g/mol. The number of nitriles is 1. The van der Waals surface area contributed by atoms with E-state index in [0.29, 0.717) is 12.4 Å². The molecule has 32 heavy (non-hydrogen) atoms. The average Bonchev–Trinajstić information content (AvgIpc) is 2.78. The van der Waals surface area contributed by atoms with Gasteiger partial charge in [-0.25, -0.2) is 4.99 Å². The molecule has 0 amide bonds. The van der Waals surface area contributed by atoms with Crippen molar-refractivity contribution in [3.63, 3.8) is 0 Å². The van der Waals surface area contributed by atoms with Crippen LogP contribution in [0.5, 0.6) is 11.6 Å². The van der Waals surface area contributed by atoms with E-state index in [9.17, 15) is 25.3 Å². The maximum Gasteiger partial charge on any atom is 0.298 e. The van der Waals surface area contributed by atoms with Crippen LogP contribution in [0.15, 0.2) is 58.3 Å². The Bertz CT molecular complexity index is 1290. The van der Waals surface area contributed by atoms with E-state index in [1.807, 2.05) is 12.1 Å². The number of hydrogen-bond acceptors (Lipinski definition) is 7. The van der Waals surface area contributed by atoms with Gasteiger partial charge in [-0.2, -0.15) is 5.26 Å². The van der Waals surface area contributed by atoms with Gasteiger partial charge >= 0.3 is 0 Å². The van der Waals surface area contributed by atoms with E-state index in [4.69, 9.17) is 4.74 Å². The van der Waals surface area contributed by atoms with Crippen LogP contribution in [0.1, 0.15) is 29.2 Å². The first-order chi connectivity index (χ1) is 15.4. The maximum atomic E-state index is 12.7. The van der Waals surface area contributed by atoms with Crippen LogP contribution in [0.2, 0.25) is 0 Å². The fraction of sp³-hybridized carbons (Fsp3) is 0.174. The molecule has 3 aromatic rings. The van der Waals surface area contributed by atoms with Crippen LogP contribution in [0.4, 0.5) is 11.4 Å². The topological polar surface area (TPSA) is 131 Å². The molecule has 3 rings (SSSR count). The minimum absolute atomic E-state index is 0.0385. The Morgan fingerprint density at radius 1 is 1.28 bits per heavy atom. The normalized spacial score (nSPS) is 10.8. The van der Waals surface area contributed by atoms with Crippen molar-refractivity contribution < 1.29 is 14.8 Å². The van der Waals surface area contributed by atoms with Gasteiger partial charge in [0.1, 0.15) is 23.1 Å². The van der Waals surface area contributed by atoms with E-state index in [1.54, 1.807) is 37.3 Å². The number of benzene rings is 2. The van der Waals surface area contributed by atoms with Crippen molar-refractivity contribution in [3.8, 4) is 17.7 Å². The molecular weight excluding hydrogens is 412 g/mol. The molecule has 9 heteroatoms. The molecule has 0 aliphatic rings. The quantitative estimate of drug-likeness (QED) is 0.343. The number of aliphatic imine (C=N–C) groups is 1. The molecule has 0 aliphatic heterocycles. The van der Waals surface area contributed by atoms with E-state index < -0.39 is 10.5 Å². The first kappa shape index (κ1) is 22.2. The van der Waals surface area contributed by atoms with Crippen LogP contribution in [-0.2, 0) is 6.54 Å². The third kappa shape index (κ3) is 4.49. The third-order valence-electron chi connectivity index (χ3n) is 4.82. The third-order valence-corrected chi connectivity index (χ3v) is 4.82. The summed E-state index contributed by atoms with van der Waals surface area (Å²) in [6, 6.07) is 15.1. The number of nitro groups is 1. The van der Waals surface area contributed by atoms with Gasteiger partial charge in [0.2, 0.25) is 5.88 Å². The van der Waals surface area contributed by atoms with Crippen molar-refractivity contribution in [2.24, 2.45) is 4.99 Å². The minimum Gasteiger partial charge on any atom is -0.494 e. The predicted molar refractivity (Wildman–Crippen MR) is 119 cm³/mol. The van der Waals surface area contributed by atoms with Crippen molar-refractivity contribution >= 4 is 17.6 Å². The second-order valence-electron chi connectivity index (χ2n) is 6.82. The molecule has 0 atom stereocenters. The summed E-state index contributed by atoms with van der Waals surface area (Å²) >= 11 is 0. The number of pyridine rings is 1. The Kier molecular flexibility index (Phi) is 6.65. The van der Waals surface area contributed by atoms with Crippen LogP contribution < -0.4 is 10.3 Å². The van der Waals surface area contributed by atoms with Gasteiger partial charge in [0.25, 0.3) is 11.2 Å². The maximum absolute atomic E-state index is 12.7. The summed E-state index contributed by atoms with van der Waals surface area (Å²) in [6.07, 6.45) is 1.22. The van der Waals surface area contributed by atoms with E-state index in [2.05, 4.69) is 4.99 Å². The highest BCUT2D eigenvalue weighted by Gasteiger charge is 2.19. The van der Waals surface area contributed by atoms with Crippen LogP contribution in [0.25, 0.3) is 0 Å². The lowest BCUT2D eigenvalue weighted by Crippen LogP contribution is -2.25. The molecule has 0 radical (unpaired) electrons. The number of rotatable bonds is 7. The highest BCUT2D eigenvalue weighted by atomic mass is 16.6. The lowest BCUT2D eigenvalue weighted by molar-refractivity contribution is -0.384. The minimum atomic E-state index is -0.629. The van der Waals surface area contributed by atoms with Crippen molar-refractivity contribution in [3.05, 3.63) is 91.3 Å². The molecule has 0 bridgehead atoms. The van der Waals surface area contributed by atoms with Crippen molar-refractivity contribution in [2.45, 2.75) is 20.4 Å². The molecule has 9 nitrogen and oxygen atoms in total. The predicted octanol–water partition coefficient (Wildman–Crippen LogP) is 3.84. The monoisotopic (exact) mass is 432 g/mol. The largest absolute Gasteiger partial charge is 0.494 e. The van der Waals surface area contributed by atoms with Crippen molar-refractivity contribution in [1.82, 2.24) is 4.57 Å². The smallest absolute Gasteiger partial charge is 0.298 e. The van der Waals surface area contributed by atoms with Crippen LogP contribution >= 0.6 is 0 Å². The highest BCUT2D eigenvalue weighted by molar-refractivity contribution is 5.88. The first-order valence-electron chi connectivity index (χ1n) is 9.73. The van der Waals surface area contributed by atoms with E-state index in [-0.39, 0.29) is 40.5 Å². The van der Waals surface area contributed by atoms with E-state index >= 15 is 0 Å². The summed E-state index contributed by atoms with van der Waals surface area (Å²) in [4.78, 5) is 27.8. The van der Waals surface area contributed by atoms with Crippen LogP contribution in [0, 0.1) is 28.4 Å². The number of aromatic nitrogens is 1. The SMILES string of the molecule is CCOc1ccc(N=Cc2c(C)c(C#N)c(=O)n(Cc3ccccc3)c2O)c([N+](=O)[O-])c1. The Balaban J connectivity index is 2.11. The molecule has 0 unspecified atom stereocenters. The Morgan fingerprint density at radius 3 is 2.62 bits per heavy atom. The van der Waals surface area contributed by atoms with Crippen LogP contribution in [-0.4, -0.2) is 27.4 Å².